The van der Waals surface area contributed by atoms with Gasteiger partial charge in [-0.2, -0.15) is 0 Å². The lowest BCUT2D eigenvalue weighted by atomic mass is 10.0. The van der Waals surface area contributed by atoms with Crippen molar-refractivity contribution in [3.8, 4) is 0 Å². The largest absolute Gasteiger partial charge is 0.356 e. The lowest BCUT2D eigenvalue weighted by Crippen LogP contribution is -2.36. The molecule has 1 aliphatic heterocycles. The van der Waals surface area contributed by atoms with Gasteiger partial charge in [0.15, 0.2) is 0 Å². The third-order valence-electron chi connectivity index (χ3n) is 5.63. The predicted octanol–water partition coefficient (Wildman–Crippen LogP) is 6.22. The van der Waals surface area contributed by atoms with Crippen LogP contribution in [0.4, 0.5) is 5.69 Å². The lowest BCUT2D eigenvalue weighted by molar-refractivity contribution is 0.664. The lowest BCUT2D eigenvalue weighted by Gasteiger charge is -2.32. The molecule has 0 amide bonds. The van der Waals surface area contributed by atoms with E-state index in [0.717, 1.165) is 13.0 Å². The van der Waals surface area contributed by atoms with Crippen molar-refractivity contribution in [2.45, 2.75) is 30.4 Å². The zero-order valence-corrected chi connectivity index (χ0v) is 16.6. The molecule has 4 aromatic rings. The summed E-state index contributed by atoms with van der Waals surface area (Å²) in [7, 11) is 0. The third-order valence-corrected chi connectivity index (χ3v) is 7.08. The fraction of sp³-hybridized carbons (Fsp3) is 0.250. The number of hydrogen-bond acceptors (Lipinski definition) is 2. The van der Waals surface area contributed by atoms with E-state index in [0.29, 0.717) is 5.25 Å². The second-order valence-electron chi connectivity index (χ2n) is 7.85. The maximum Gasteiger partial charge on any atom is 0.0808 e. The molecule has 3 aromatic carbocycles. The number of nitrogens with one attached hydrogen (secondary N) is 1. The minimum Gasteiger partial charge on any atom is -0.356 e. The Balaban J connectivity index is 1.47. The molecule has 2 nitrogen and oxygen atoms in total. The first-order chi connectivity index (χ1) is 13.1. The fourth-order valence-corrected chi connectivity index (χ4v) is 6.02. The molecule has 2 heterocycles. The number of anilines is 1. The van der Waals surface area contributed by atoms with Gasteiger partial charge in [-0.1, -0.05) is 54.6 Å². The van der Waals surface area contributed by atoms with Gasteiger partial charge in [0.05, 0.1) is 4.87 Å². The second kappa shape index (κ2) is 6.35. The number of para-hydroxylation sites is 3. The van der Waals surface area contributed by atoms with E-state index in [-0.39, 0.29) is 4.87 Å². The van der Waals surface area contributed by atoms with E-state index < -0.39 is 0 Å². The van der Waals surface area contributed by atoms with E-state index >= 15 is 0 Å². The van der Waals surface area contributed by atoms with E-state index in [1.54, 1.807) is 0 Å². The SMILES string of the molecule is CC1(C)SC(Cc2cccc3c2[nH]c2ccccc23)CN1c1ccccc1. The van der Waals surface area contributed by atoms with Gasteiger partial charge in [-0.3, -0.25) is 0 Å². The maximum atomic E-state index is 3.66. The van der Waals surface area contributed by atoms with Crippen LogP contribution in [0.15, 0.2) is 72.8 Å². The molecular weight excluding hydrogens is 348 g/mol. The van der Waals surface area contributed by atoms with Crippen LogP contribution in [0.1, 0.15) is 19.4 Å². The van der Waals surface area contributed by atoms with Crippen LogP contribution >= 0.6 is 11.8 Å². The van der Waals surface area contributed by atoms with Crippen LogP contribution in [0.5, 0.6) is 0 Å². The molecule has 1 aromatic heterocycles. The molecule has 0 spiro atoms. The molecule has 1 N–H and O–H groups in total. The number of H-pyrrole nitrogens is 1. The minimum absolute atomic E-state index is 0.111. The molecule has 0 bridgehead atoms. The first-order valence-electron chi connectivity index (χ1n) is 9.61. The van der Waals surface area contributed by atoms with Crippen LogP contribution in [0, 0.1) is 0 Å². The van der Waals surface area contributed by atoms with Crippen LogP contribution in [-0.2, 0) is 6.42 Å². The summed E-state index contributed by atoms with van der Waals surface area (Å²) in [5.41, 5.74) is 5.27. The number of thioether (sulfide) groups is 1. The summed E-state index contributed by atoms with van der Waals surface area (Å²) < 4.78 is 0. The Bertz CT molecular complexity index is 1100. The summed E-state index contributed by atoms with van der Waals surface area (Å²) in [6, 6.07) is 26.1. The number of hydrogen-bond donors (Lipinski definition) is 1. The van der Waals surface area contributed by atoms with Crippen LogP contribution in [-0.4, -0.2) is 21.6 Å². The maximum absolute atomic E-state index is 3.66. The first kappa shape index (κ1) is 16.8. The summed E-state index contributed by atoms with van der Waals surface area (Å²) in [6.45, 7) is 5.76. The molecule has 5 rings (SSSR count). The van der Waals surface area contributed by atoms with Gasteiger partial charge < -0.3 is 9.88 Å². The van der Waals surface area contributed by atoms with E-state index in [2.05, 4.69) is 108 Å². The third kappa shape index (κ3) is 2.90. The quantitative estimate of drug-likeness (QED) is 0.460. The van der Waals surface area contributed by atoms with Gasteiger partial charge in [-0.15, -0.1) is 11.8 Å². The summed E-state index contributed by atoms with van der Waals surface area (Å²) >= 11 is 2.09. The summed E-state index contributed by atoms with van der Waals surface area (Å²) in [4.78, 5) is 6.32. The fourth-order valence-electron chi connectivity index (χ4n) is 4.41. The van der Waals surface area contributed by atoms with Crippen LogP contribution in [0.25, 0.3) is 21.8 Å². The van der Waals surface area contributed by atoms with E-state index in [1.165, 1.54) is 33.1 Å². The molecule has 27 heavy (non-hydrogen) atoms. The minimum atomic E-state index is 0.111. The van der Waals surface area contributed by atoms with Gasteiger partial charge in [0.2, 0.25) is 0 Å². The van der Waals surface area contributed by atoms with Gasteiger partial charge in [0, 0.05) is 39.3 Å². The number of aromatic amines is 1. The van der Waals surface area contributed by atoms with Crippen molar-refractivity contribution in [2.24, 2.45) is 0 Å². The van der Waals surface area contributed by atoms with Crippen LogP contribution in [0.2, 0.25) is 0 Å². The van der Waals surface area contributed by atoms with Crippen molar-refractivity contribution in [2.75, 3.05) is 11.4 Å². The number of rotatable bonds is 3. The second-order valence-corrected chi connectivity index (χ2v) is 9.75. The van der Waals surface area contributed by atoms with E-state index in [4.69, 9.17) is 0 Å². The van der Waals surface area contributed by atoms with E-state index in [9.17, 15) is 0 Å². The highest BCUT2D eigenvalue weighted by molar-refractivity contribution is 8.01. The molecular formula is C24H24N2S. The van der Waals surface area contributed by atoms with Crippen molar-refractivity contribution in [1.29, 1.82) is 0 Å². The molecule has 1 atom stereocenters. The number of benzene rings is 3. The van der Waals surface area contributed by atoms with Gasteiger partial charge in [-0.25, -0.2) is 0 Å². The Morgan fingerprint density at radius 1 is 0.926 bits per heavy atom. The molecule has 0 aliphatic carbocycles. The zero-order chi connectivity index (χ0) is 18.4. The Labute approximate surface area is 164 Å². The van der Waals surface area contributed by atoms with Gasteiger partial charge in [-0.05, 0) is 44.0 Å². The Morgan fingerprint density at radius 2 is 1.67 bits per heavy atom. The van der Waals surface area contributed by atoms with Gasteiger partial charge in [0.1, 0.15) is 0 Å². The highest BCUT2D eigenvalue weighted by Crippen LogP contribution is 2.44. The molecule has 3 heteroatoms. The standard InChI is InChI=1S/C24H24N2S/c1-24(2)26(18-10-4-3-5-11-18)16-19(27-24)15-17-9-8-13-21-20-12-6-7-14-22(20)25-23(17)21/h3-14,19,25H,15-16H2,1-2H3. The monoisotopic (exact) mass is 372 g/mol. The van der Waals surface area contributed by atoms with Gasteiger partial charge >= 0.3 is 0 Å². The molecule has 0 saturated carbocycles. The Morgan fingerprint density at radius 3 is 2.52 bits per heavy atom. The average molecular weight is 373 g/mol. The number of fused-ring (bicyclic) bond motifs is 3. The van der Waals surface area contributed by atoms with E-state index in [1.807, 2.05) is 0 Å². The predicted molar refractivity (Wildman–Crippen MR) is 119 cm³/mol. The molecule has 1 aliphatic rings. The molecule has 1 unspecified atom stereocenters. The van der Waals surface area contributed by atoms with Crippen molar-refractivity contribution in [3.63, 3.8) is 0 Å². The topological polar surface area (TPSA) is 19.0 Å². The number of nitrogens with zero attached hydrogens (tertiary/aromatic N) is 1. The first-order valence-corrected chi connectivity index (χ1v) is 10.5. The normalized spacial score (nSPS) is 19.2. The molecule has 1 saturated heterocycles. The zero-order valence-electron chi connectivity index (χ0n) is 15.8. The highest BCUT2D eigenvalue weighted by atomic mass is 32.2. The molecule has 0 radical (unpaired) electrons. The van der Waals surface area contributed by atoms with Crippen molar-refractivity contribution < 1.29 is 0 Å². The number of aromatic nitrogens is 1. The smallest absolute Gasteiger partial charge is 0.0808 e. The van der Waals surface area contributed by atoms with Crippen molar-refractivity contribution in [1.82, 2.24) is 4.98 Å². The van der Waals surface area contributed by atoms with Crippen LogP contribution in [0.3, 0.4) is 0 Å². The summed E-state index contributed by atoms with van der Waals surface area (Å²) in [5.74, 6) is 0. The van der Waals surface area contributed by atoms with Gasteiger partial charge in [0.25, 0.3) is 0 Å². The Hall–Kier alpha value is -2.39. The Kier molecular flexibility index (Phi) is 3.94. The summed E-state index contributed by atoms with van der Waals surface area (Å²) in [5, 5.41) is 3.24. The molecule has 136 valence electrons. The highest BCUT2D eigenvalue weighted by Gasteiger charge is 2.39. The van der Waals surface area contributed by atoms with Crippen molar-refractivity contribution in [3.05, 3.63) is 78.4 Å². The van der Waals surface area contributed by atoms with Crippen LogP contribution < -0.4 is 4.90 Å². The summed E-state index contributed by atoms with van der Waals surface area (Å²) in [6.07, 6.45) is 1.08. The molecule has 1 fully saturated rings. The van der Waals surface area contributed by atoms with Crippen molar-refractivity contribution >= 4 is 39.3 Å². The average Bonchev–Trinajstić information content (AvgIpc) is 3.20.